The van der Waals surface area contributed by atoms with E-state index in [1.165, 1.54) is 95.8 Å². The van der Waals surface area contributed by atoms with Gasteiger partial charge >= 0.3 is 11.9 Å². The third kappa shape index (κ3) is 16.6. The minimum atomic E-state index is -0.359. The van der Waals surface area contributed by atoms with Crippen LogP contribution in [0.3, 0.4) is 0 Å². The Labute approximate surface area is 228 Å². The monoisotopic (exact) mass is 516 g/mol. The molecule has 0 saturated heterocycles. The second kappa shape index (κ2) is 20.2. The smallest absolute Gasteiger partial charge is 0.307 e. The van der Waals surface area contributed by atoms with Gasteiger partial charge in [0.2, 0.25) is 0 Å². The number of allylic oxidation sites excluding steroid dienone is 3. The Kier molecular flexibility index (Phi) is 18.1. The van der Waals surface area contributed by atoms with Crippen LogP contribution in [-0.2, 0) is 19.1 Å². The maximum absolute atomic E-state index is 12.3. The van der Waals surface area contributed by atoms with E-state index in [4.69, 9.17) is 9.47 Å². The number of esters is 2. The molecule has 0 spiro atoms. The predicted octanol–water partition coefficient (Wildman–Crippen LogP) is 9.79. The summed E-state index contributed by atoms with van der Waals surface area (Å²) < 4.78 is 10.5. The highest BCUT2D eigenvalue weighted by atomic mass is 16.5. The number of rotatable bonds is 20. The lowest BCUT2D eigenvalue weighted by Gasteiger charge is -2.38. The summed E-state index contributed by atoms with van der Waals surface area (Å²) in [5.74, 6) is -0.0500. The second-order valence-corrected chi connectivity index (χ2v) is 11.6. The molecule has 212 valence electrons. The van der Waals surface area contributed by atoms with E-state index in [0.29, 0.717) is 12.3 Å². The molecule has 0 fully saturated rings. The van der Waals surface area contributed by atoms with E-state index in [-0.39, 0.29) is 24.0 Å². The van der Waals surface area contributed by atoms with Crippen LogP contribution in [0.25, 0.3) is 0 Å². The molecule has 0 aromatic rings. The second-order valence-electron chi connectivity index (χ2n) is 11.6. The minimum Gasteiger partial charge on any atom is -0.461 e. The molecule has 0 aromatic carbocycles. The van der Waals surface area contributed by atoms with Crippen molar-refractivity contribution in [1.82, 2.24) is 0 Å². The molecule has 4 heteroatoms. The van der Waals surface area contributed by atoms with E-state index >= 15 is 0 Å². The van der Waals surface area contributed by atoms with Crippen molar-refractivity contribution in [3.8, 4) is 0 Å². The molecule has 0 saturated carbocycles. The molecule has 4 nitrogen and oxygen atoms in total. The number of hydrogen-bond donors (Lipinski definition) is 0. The van der Waals surface area contributed by atoms with E-state index in [9.17, 15) is 9.59 Å². The summed E-state index contributed by atoms with van der Waals surface area (Å²) in [5, 5.41) is 0. The molecule has 0 amide bonds. The highest BCUT2D eigenvalue weighted by molar-refractivity contribution is 5.69. The van der Waals surface area contributed by atoms with E-state index in [0.717, 1.165) is 31.3 Å². The third-order valence-electron chi connectivity index (χ3n) is 7.76. The summed E-state index contributed by atoms with van der Waals surface area (Å²) in [6.45, 7) is 10.7. The molecule has 0 radical (unpaired) electrons. The van der Waals surface area contributed by atoms with Crippen LogP contribution in [0.2, 0.25) is 0 Å². The zero-order valence-corrected chi connectivity index (χ0v) is 24.7. The molecule has 0 heterocycles. The maximum Gasteiger partial charge on any atom is 0.307 e. The third-order valence-corrected chi connectivity index (χ3v) is 7.76. The topological polar surface area (TPSA) is 52.6 Å². The Hall–Kier alpha value is -1.84. The summed E-state index contributed by atoms with van der Waals surface area (Å²) in [5.41, 5.74) is 2.54. The molecule has 1 aliphatic rings. The Morgan fingerprint density at radius 2 is 1.51 bits per heavy atom. The van der Waals surface area contributed by atoms with Crippen LogP contribution in [-0.4, -0.2) is 18.5 Å². The van der Waals surface area contributed by atoms with Crippen LogP contribution < -0.4 is 0 Å². The zero-order valence-electron chi connectivity index (χ0n) is 24.7. The van der Waals surface area contributed by atoms with Crippen LogP contribution in [0.5, 0.6) is 0 Å². The van der Waals surface area contributed by atoms with Crippen LogP contribution >= 0.6 is 0 Å². The van der Waals surface area contributed by atoms with Gasteiger partial charge in [0.05, 0.1) is 6.26 Å². The van der Waals surface area contributed by atoms with Gasteiger partial charge in [-0.15, -0.1) is 0 Å². The SMILES string of the molecule is CCCCCCCCCCCCCCCC(=O)OCC(=C\CC1C(C)=CCCC1(C)C)/C=C/OC(C)=O. The fourth-order valence-electron chi connectivity index (χ4n) is 5.29. The van der Waals surface area contributed by atoms with Gasteiger partial charge in [-0.3, -0.25) is 9.59 Å². The normalized spacial score (nSPS) is 17.6. The van der Waals surface area contributed by atoms with Crippen molar-refractivity contribution in [2.75, 3.05) is 6.61 Å². The van der Waals surface area contributed by atoms with Gasteiger partial charge < -0.3 is 9.47 Å². The Bertz CT molecular complexity index is 729. The van der Waals surface area contributed by atoms with Crippen molar-refractivity contribution < 1.29 is 19.1 Å². The average molecular weight is 517 g/mol. The largest absolute Gasteiger partial charge is 0.461 e. The maximum atomic E-state index is 12.3. The first-order chi connectivity index (χ1) is 17.8. The van der Waals surface area contributed by atoms with Crippen LogP contribution in [0.1, 0.15) is 144 Å². The summed E-state index contributed by atoms with van der Waals surface area (Å²) in [7, 11) is 0. The summed E-state index contributed by atoms with van der Waals surface area (Å²) in [6, 6.07) is 0. The van der Waals surface area contributed by atoms with Gasteiger partial charge in [0.15, 0.2) is 0 Å². The van der Waals surface area contributed by atoms with Crippen LogP contribution in [0, 0.1) is 11.3 Å². The van der Waals surface area contributed by atoms with Crippen molar-refractivity contribution in [2.45, 2.75) is 144 Å². The minimum absolute atomic E-state index is 0.149. The van der Waals surface area contributed by atoms with Crippen molar-refractivity contribution >= 4 is 11.9 Å². The Morgan fingerprint density at radius 3 is 2.05 bits per heavy atom. The van der Waals surface area contributed by atoms with E-state index in [2.05, 4.69) is 39.8 Å². The zero-order chi connectivity index (χ0) is 27.4. The van der Waals surface area contributed by atoms with Gasteiger partial charge in [0, 0.05) is 13.3 Å². The number of ether oxygens (including phenoxy) is 2. The van der Waals surface area contributed by atoms with Gasteiger partial charge in [-0.2, -0.15) is 0 Å². The predicted molar refractivity (Wildman–Crippen MR) is 155 cm³/mol. The number of hydrogen-bond acceptors (Lipinski definition) is 4. The molecule has 1 aliphatic carbocycles. The molecule has 1 unspecified atom stereocenters. The molecule has 0 N–H and O–H groups in total. The van der Waals surface area contributed by atoms with Gasteiger partial charge in [-0.1, -0.05) is 116 Å². The summed E-state index contributed by atoms with van der Waals surface area (Å²) >= 11 is 0. The molecule has 0 aromatic heterocycles. The first-order valence-corrected chi connectivity index (χ1v) is 15.1. The molecule has 0 aliphatic heterocycles. The fraction of sp³-hybridized carbons (Fsp3) is 0.758. The molecule has 37 heavy (non-hydrogen) atoms. The number of carbonyl (C=O) groups excluding carboxylic acids is 2. The molecular weight excluding hydrogens is 460 g/mol. The van der Waals surface area contributed by atoms with Crippen molar-refractivity contribution in [2.24, 2.45) is 11.3 Å². The molecular formula is C33H56O4. The van der Waals surface area contributed by atoms with Crippen LogP contribution in [0.4, 0.5) is 0 Å². The van der Waals surface area contributed by atoms with E-state index in [1.54, 1.807) is 6.08 Å². The molecule has 0 bridgehead atoms. The van der Waals surface area contributed by atoms with Gasteiger partial charge in [-0.05, 0) is 55.6 Å². The van der Waals surface area contributed by atoms with Crippen molar-refractivity contribution in [1.29, 1.82) is 0 Å². The van der Waals surface area contributed by atoms with Gasteiger partial charge in [-0.25, -0.2) is 0 Å². The Morgan fingerprint density at radius 1 is 0.946 bits per heavy atom. The van der Waals surface area contributed by atoms with Crippen LogP contribution in [0.15, 0.2) is 35.6 Å². The van der Waals surface area contributed by atoms with Gasteiger partial charge in [0.1, 0.15) is 6.61 Å². The quantitative estimate of drug-likeness (QED) is 0.0531. The highest BCUT2D eigenvalue weighted by Crippen LogP contribution is 2.43. The van der Waals surface area contributed by atoms with E-state index in [1.807, 2.05) is 0 Å². The average Bonchev–Trinajstić information content (AvgIpc) is 2.84. The first kappa shape index (κ1) is 33.2. The van der Waals surface area contributed by atoms with Crippen molar-refractivity contribution in [3.63, 3.8) is 0 Å². The lowest BCUT2D eigenvalue weighted by Crippen LogP contribution is -2.27. The lowest BCUT2D eigenvalue weighted by molar-refractivity contribution is -0.142. The highest BCUT2D eigenvalue weighted by Gasteiger charge is 2.31. The number of unbranched alkanes of at least 4 members (excludes halogenated alkanes) is 12. The number of carbonyl (C=O) groups is 2. The Balaban J connectivity index is 2.29. The van der Waals surface area contributed by atoms with Crippen molar-refractivity contribution in [3.05, 3.63) is 35.6 Å². The molecule has 1 atom stereocenters. The standard InChI is InChI=1S/C33H56O4/c1-6-7-8-9-10-11-12-13-14-15-16-17-18-21-32(35)37-27-30(24-26-36-29(3)34)22-23-31-28(2)20-19-25-33(31,4)5/h20,22,24,26,31H,6-19,21,23,25,27H2,1-5H3/b26-24+,30-22-. The lowest BCUT2D eigenvalue weighted by atomic mass is 9.67. The first-order valence-electron chi connectivity index (χ1n) is 15.1. The fourth-order valence-corrected chi connectivity index (χ4v) is 5.29. The molecule has 1 rings (SSSR count). The van der Waals surface area contributed by atoms with E-state index < -0.39 is 0 Å². The summed E-state index contributed by atoms with van der Waals surface area (Å²) in [4.78, 5) is 23.5. The summed E-state index contributed by atoms with van der Waals surface area (Å²) in [6.07, 6.45) is 28.0. The van der Waals surface area contributed by atoms with Gasteiger partial charge in [0.25, 0.3) is 0 Å².